The zero-order chi connectivity index (χ0) is 52.3. The van der Waals surface area contributed by atoms with Gasteiger partial charge < -0.3 is 34.8 Å². The van der Waals surface area contributed by atoms with Crippen molar-refractivity contribution < 1.29 is 52.3 Å². The fraction of sp³-hybridized carbons (Fsp3) is 0.467. The van der Waals surface area contributed by atoms with Gasteiger partial charge in [-0.15, -0.1) is 23.4 Å². The molecule has 0 bridgehead atoms. The number of aryl methyl sites for hydroxylation is 2. The SMILES string of the molecule is CC1COc2ccccc2N1C(=O)C(Cl)Cl.CCc1cccc(CC)c1N(COC)C(=O)CCl.COC(=O)CSc1cc(/N=c2\sc(=O)n3n2CCCC3)c(F)cc1Cl.CP(=O)(O)CCC(N)C(=O)O. The summed E-state index contributed by atoms with van der Waals surface area (Å²) >= 11 is 25.1. The first kappa shape index (κ1) is 60.4. The molecular weight excluding hydrogens is 1060 g/mol. The Balaban J connectivity index is 0.000000257. The van der Waals surface area contributed by atoms with Crippen LogP contribution in [0.15, 0.2) is 69.3 Å². The number of fused-ring (bicyclic) bond motifs is 2. The van der Waals surface area contributed by atoms with Crippen molar-refractivity contribution in [1.29, 1.82) is 0 Å². The number of carbonyl (C=O) groups excluding carboxylic acids is 3. The van der Waals surface area contributed by atoms with Crippen LogP contribution in [0.1, 0.15) is 51.2 Å². The van der Waals surface area contributed by atoms with Gasteiger partial charge in [0.25, 0.3) is 5.91 Å². The highest BCUT2D eigenvalue weighted by Crippen LogP contribution is 2.37. The summed E-state index contributed by atoms with van der Waals surface area (Å²) in [5, 5.41) is 8.48. The minimum Gasteiger partial charge on any atom is -0.489 e. The third kappa shape index (κ3) is 18.0. The topological polar surface area (TPSA) is 225 Å². The smallest absolute Gasteiger partial charge is 0.325 e. The number of thioether (sulfide) groups is 1. The molecule has 6 rings (SSSR count). The highest BCUT2D eigenvalue weighted by molar-refractivity contribution is 8.00. The molecule has 4 aromatic rings. The molecule has 2 amide bonds. The number of esters is 1. The second-order valence-corrected chi connectivity index (χ2v) is 21.7. The fourth-order valence-electron chi connectivity index (χ4n) is 6.70. The number of benzene rings is 3. The number of aliphatic carboxylic acids is 1. The number of aromatic nitrogens is 2. The number of carbonyl (C=O) groups is 4. The second-order valence-electron chi connectivity index (χ2n) is 15.5. The van der Waals surface area contributed by atoms with Gasteiger partial charge >= 0.3 is 16.8 Å². The number of hydrogen-bond donors (Lipinski definition) is 3. The van der Waals surface area contributed by atoms with Crippen LogP contribution in [0.4, 0.5) is 21.5 Å². The molecule has 386 valence electrons. The average Bonchev–Trinajstić information content (AvgIpc) is 3.66. The number of nitrogens with zero attached hydrogens (tertiary/aromatic N) is 5. The largest absolute Gasteiger partial charge is 0.489 e. The number of amides is 2. The Bertz CT molecular complexity index is 2570. The van der Waals surface area contributed by atoms with E-state index in [1.807, 2.05) is 49.4 Å². The predicted molar refractivity (Wildman–Crippen MR) is 276 cm³/mol. The van der Waals surface area contributed by atoms with E-state index in [9.17, 15) is 32.9 Å². The average molecular weight is 1110 g/mol. The number of hydrogen-bond acceptors (Lipinski definition) is 13. The Morgan fingerprint density at radius 3 is 2.24 bits per heavy atom. The van der Waals surface area contributed by atoms with Crippen molar-refractivity contribution in [3.8, 4) is 5.75 Å². The molecule has 0 radical (unpaired) electrons. The van der Waals surface area contributed by atoms with Crippen molar-refractivity contribution in [2.75, 3.05) is 61.8 Å². The maximum atomic E-state index is 14.3. The van der Waals surface area contributed by atoms with Crippen LogP contribution in [-0.2, 0) is 59.1 Å². The number of ether oxygens (including phenoxy) is 3. The van der Waals surface area contributed by atoms with Crippen LogP contribution in [0.3, 0.4) is 0 Å². The van der Waals surface area contributed by atoms with Gasteiger partial charge in [-0.05, 0) is 85.8 Å². The molecule has 0 saturated heterocycles. The minimum absolute atomic E-state index is 0.0371. The van der Waals surface area contributed by atoms with E-state index in [1.54, 1.807) is 26.3 Å². The minimum atomic E-state index is -3.10. The molecule has 2 aliphatic rings. The van der Waals surface area contributed by atoms with E-state index >= 15 is 0 Å². The van der Waals surface area contributed by atoms with Crippen molar-refractivity contribution in [2.45, 2.75) is 87.8 Å². The molecule has 17 nitrogen and oxygen atoms in total. The zero-order valence-electron chi connectivity index (χ0n) is 39.4. The lowest BCUT2D eigenvalue weighted by Gasteiger charge is -2.35. The van der Waals surface area contributed by atoms with Gasteiger partial charge in [0, 0.05) is 37.9 Å². The van der Waals surface area contributed by atoms with Gasteiger partial charge in [0.2, 0.25) is 10.7 Å². The van der Waals surface area contributed by atoms with Gasteiger partial charge in [-0.1, -0.05) is 79.0 Å². The van der Waals surface area contributed by atoms with Crippen molar-refractivity contribution in [2.24, 2.45) is 10.7 Å². The number of carboxylic acid groups (broad SMARTS) is 1. The summed E-state index contributed by atoms with van der Waals surface area (Å²) in [5.74, 6) is -1.86. The van der Waals surface area contributed by atoms with Crippen LogP contribution in [-0.4, -0.2) is 112 Å². The van der Waals surface area contributed by atoms with Crippen molar-refractivity contribution in [3.05, 3.63) is 91.0 Å². The van der Waals surface area contributed by atoms with E-state index < -0.39 is 36.0 Å². The van der Waals surface area contributed by atoms with Gasteiger partial charge in [-0.25, -0.2) is 14.1 Å². The highest BCUT2D eigenvalue weighted by atomic mass is 35.5. The number of carboxylic acids is 1. The van der Waals surface area contributed by atoms with Gasteiger partial charge in [0.05, 0.1) is 35.3 Å². The first-order chi connectivity index (χ1) is 33.1. The molecular formula is C45H58Cl4FN6O11PS2. The number of methoxy groups -OCH3 is 2. The van der Waals surface area contributed by atoms with Gasteiger partial charge in [-0.3, -0.25) is 38.1 Å². The van der Waals surface area contributed by atoms with E-state index in [0.29, 0.717) is 35.1 Å². The number of para-hydroxylation sites is 3. The molecule has 2 aliphatic heterocycles. The third-order valence-corrected chi connectivity index (χ3v) is 14.2. The molecule has 3 heterocycles. The van der Waals surface area contributed by atoms with Crippen LogP contribution in [0, 0.1) is 5.82 Å². The first-order valence-corrected chi connectivity index (χ1v) is 27.6. The predicted octanol–water partition coefficient (Wildman–Crippen LogP) is 8.08. The number of alkyl halides is 3. The number of nitrogens with two attached hydrogens (primary N) is 1. The molecule has 0 fully saturated rings. The normalized spacial score (nSPS) is 15.2. The molecule has 1 aromatic heterocycles. The Hall–Kier alpha value is -3.95. The molecule has 0 spiro atoms. The summed E-state index contributed by atoms with van der Waals surface area (Å²) < 4.78 is 43.5. The van der Waals surface area contributed by atoms with Gasteiger partial charge in [0.1, 0.15) is 42.5 Å². The summed E-state index contributed by atoms with van der Waals surface area (Å²) in [5.41, 5.74) is 9.14. The molecule has 4 N–H and O–H groups in total. The number of halogens is 5. The second kappa shape index (κ2) is 29.5. The number of anilines is 2. The first-order valence-electron chi connectivity index (χ1n) is 21.7. The quantitative estimate of drug-likeness (QED) is 0.0337. The summed E-state index contributed by atoms with van der Waals surface area (Å²) in [6.07, 6.45) is 3.64. The highest BCUT2D eigenvalue weighted by Gasteiger charge is 2.32. The van der Waals surface area contributed by atoms with E-state index in [2.05, 4.69) is 23.6 Å². The Morgan fingerprint density at radius 1 is 1.06 bits per heavy atom. The lowest BCUT2D eigenvalue weighted by molar-refractivity contribution is -0.139. The van der Waals surface area contributed by atoms with E-state index in [1.165, 1.54) is 19.8 Å². The third-order valence-electron chi connectivity index (χ3n) is 10.2. The molecule has 25 heteroatoms. The van der Waals surface area contributed by atoms with Crippen LogP contribution in [0.25, 0.3) is 0 Å². The standard InChI is InChI=1S/C15H15ClFN3O3S2.C14H20ClNO2.C11H11Cl2NO2.C5H12NO4P/c1-23-13(21)8-24-12-7-11(10(17)6-9(12)16)18-14-19-4-2-3-5-20(19)15(22)25-14;1-4-11-7-6-8-12(5-2)14(11)16(10-18-3)13(17)9-15;1-7-6-16-9-5-3-2-4-8(9)14(7)11(15)10(12)13;1-11(9,10)3-2-4(6)5(7)8/h6-7H,2-5,8H2,1H3;6-8H,4-5,9-10H2,1-3H3;2-5,7,10H,6H2,1H3;4H,2-3,6H2,1H3,(H,7,8)(H,9,10)/b18-14-;;;. The van der Waals surface area contributed by atoms with Crippen LogP contribution >= 0.6 is 76.9 Å². The van der Waals surface area contributed by atoms with Crippen LogP contribution in [0.5, 0.6) is 5.75 Å². The van der Waals surface area contributed by atoms with E-state index in [4.69, 9.17) is 71.6 Å². The summed E-state index contributed by atoms with van der Waals surface area (Å²) in [4.78, 5) is 73.4. The van der Waals surface area contributed by atoms with Gasteiger partial charge in [0.15, 0.2) is 12.2 Å². The molecule has 0 saturated carbocycles. The van der Waals surface area contributed by atoms with Gasteiger partial charge in [-0.2, -0.15) is 0 Å². The Labute approximate surface area is 434 Å². The maximum Gasteiger partial charge on any atom is 0.325 e. The van der Waals surface area contributed by atoms with Crippen LogP contribution in [0.2, 0.25) is 5.02 Å². The molecule has 3 aromatic carbocycles. The van der Waals surface area contributed by atoms with E-state index in [-0.39, 0.29) is 64.4 Å². The maximum absolute atomic E-state index is 14.3. The lowest BCUT2D eigenvalue weighted by Crippen LogP contribution is -2.47. The molecule has 70 heavy (non-hydrogen) atoms. The summed E-state index contributed by atoms with van der Waals surface area (Å²) in [7, 11) is -0.228. The summed E-state index contributed by atoms with van der Waals surface area (Å²) in [6.45, 7) is 9.23. The number of rotatable bonds is 15. The molecule has 3 atom stereocenters. The Morgan fingerprint density at radius 2 is 1.69 bits per heavy atom. The lowest BCUT2D eigenvalue weighted by atomic mass is 10.0. The van der Waals surface area contributed by atoms with Crippen molar-refractivity contribution in [1.82, 2.24) is 9.36 Å². The monoisotopic (exact) mass is 1110 g/mol. The zero-order valence-corrected chi connectivity index (χ0v) is 45.0. The van der Waals surface area contributed by atoms with E-state index in [0.717, 1.165) is 77.3 Å². The van der Waals surface area contributed by atoms with Crippen molar-refractivity contribution >= 4 is 118 Å². The van der Waals surface area contributed by atoms with Crippen LogP contribution < -0.4 is 29.9 Å². The summed E-state index contributed by atoms with van der Waals surface area (Å²) in [6, 6.07) is 15.0. The molecule has 3 unspecified atom stereocenters. The Kier molecular flexibility index (Phi) is 25.5. The fourth-order valence-corrected chi connectivity index (χ4v) is 9.80. The molecule has 0 aliphatic carbocycles. The van der Waals surface area contributed by atoms with Crippen molar-refractivity contribution in [3.63, 3.8) is 0 Å².